The highest BCUT2D eigenvalue weighted by Gasteiger charge is 2.09. The second kappa shape index (κ2) is 12.8. The van der Waals surface area contributed by atoms with Crippen LogP contribution in [0.3, 0.4) is 0 Å². The second-order valence-corrected chi connectivity index (χ2v) is 11.4. The summed E-state index contributed by atoms with van der Waals surface area (Å²) in [6.45, 7) is 7.18. The summed E-state index contributed by atoms with van der Waals surface area (Å²) >= 11 is 0. The molecule has 2 heteroatoms. The average molecular weight is 595 g/mol. The number of aryl methyl sites for hydroxylation is 1. The van der Waals surface area contributed by atoms with E-state index in [0.29, 0.717) is 0 Å². The first-order valence-corrected chi connectivity index (χ1v) is 16.3. The molecule has 8 rings (SSSR count). The van der Waals surface area contributed by atoms with Gasteiger partial charge in [-0.1, -0.05) is 135 Å². The number of para-hydroxylation sites is 2. The molecular formula is C44H38N2. The van der Waals surface area contributed by atoms with Crippen molar-refractivity contribution < 1.29 is 0 Å². The summed E-state index contributed by atoms with van der Waals surface area (Å²) < 4.78 is 2.39. The fourth-order valence-corrected chi connectivity index (χ4v) is 6.44. The van der Waals surface area contributed by atoms with Crippen LogP contribution in [-0.2, 0) is 6.54 Å². The van der Waals surface area contributed by atoms with Crippen LogP contribution in [0.15, 0.2) is 133 Å². The van der Waals surface area contributed by atoms with Crippen LogP contribution in [0.2, 0.25) is 0 Å². The van der Waals surface area contributed by atoms with Gasteiger partial charge in [0.25, 0.3) is 0 Å². The SMILES string of the molecule is CC.CCn1c2ccccc2c2cc(/C=C/c3ccc(-c4ccc(/C=C/c5ccc6[nH]c7ccccc7c6c5)cc4)cc3)ccc21. The van der Waals surface area contributed by atoms with Gasteiger partial charge >= 0.3 is 0 Å². The van der Waals surface area contributed by atoms with E-state index in [-0.39, 0.29) is 0 Å². The van der Waals surface area contributed by atoms with Gasteiger partial charge in [-0.15, -0.1) is 0 Å². The molecule has 0 fully saturated rings. The molecule has 0 aliphatic heterocycles. The van der Waals surface area contributed by atoms with Gasteiger partial charge in [-0.3, -0.25) is 0 Å². The maximum Gasteiger partial charge on any atom is 0.0491 e. The van der Waals surface area contributed by atoms with E-state index in [2.05, 4.69) is 174 Å². The highest BCUT2D eigenvalue weighted by atomic mass is 15.0. The van der Waals surface area contributed by atoms with Crippen LogP contribution in [-0.4, -0.2) is 9.55 Å². The highest BCUT2D eigenvalue weighted by molar-refractivity contribution is 6.09. The largest absolute Gasteiger partial charge is 0.355 e. The Morgan fingerprint density at radius 2 is 0.935 bits per heavy atom. The van der Waals surface area contributed by atoms with E-state index >= 15 is 0 Å². The summed E-state index contributed by atoms with van der Waals surface area (Å²) in [6, 6.07) is 48.1. The molecule has 2 heterocycles. The predicted molar refractivity (Wildman–Crippen MR) is 202 cm³/mol. The molecule has 224 valence electrons. The minimum atomic E-state index is 0.966. The molecule has 8 aromatic rings. The molecule has 6 aromatic carbocycles. The van der Waals surface area contributed by atoms with Crippen molar-refractivity contribution >= 4 is 67.9 Å². The van der Waals surface area contributed by atoms with E-state index in [1.807, 2.05) is 13.8 Å². The minimum Gasteiger partial charge on any atom is -0.355 e. The topological polar surface area (TPSA) is 20.7 Å². The van der Waals surface area contributed by atoms with E-state index in [1.165, 1.54) is 77.0 Å². The predicted octanol–water partition coefficient (Wildman–Crippen LogP) is 12.5. The first kappa shape index (κ1) is 29.1. The number of nitrogens with zero attached hydrogens (tertiary/aromatic N) is 1. The Kier molecular flexibility index (Phi) is 8.10. The number of nitrogens with one attached hydrogen (secondary N) is 1. The lowest BCUT2D eigenvalue weighted by atomic mass is 10.0. The third-order valence-electron chi connectivity index (χ3n) is 8.73. The number of hydrogen-bond donors (Lipinski definition) is 1. The lowest BCUT2D eigenvalue weighted by Crippen LogP contribution is -1.92. The number of benzene rings is 6. The van der Waals surface area contributed by atoms with Crippen molar-refractivity contribution in [2.75, 3.05) is 0 Å². The normalized spacial score (nSPS) is 11.7. The van der Waals surface area contributed by atoms with E-state index in [1.54, 1.807) is 0 Å². The van der Waals surface area contributed by atoms with Gasteiger partial charge in [0.2, 0.25) is 0 Å². The van der Waals surface area contributed by atoms with Gasteiger partial charge < -0.3 is 9.55 Å². The Morgan fingerprint density at radius 1 is 0.457 bits per heavy atom. The zero-order valence-corrected chi connectivity index (χ0v) is 26.7. The summed E-state index contributed by atoms with van der Waals surface area (Å²) in [6.07, 6.45) is 8.79. The molecule has 0 radical (unpaired) electrons. The fraction of sp³-hybridized carbons (Fsp3) is 0.0909. The molecule has 46 heavy (non-hydrogen) atoms. The minimum absolute atomic E-state index is 0.966. The van der Waals surface area contributed by atoms with E-state index < -0.39 is 0 Å². The molecule has 2 aromatic heterocycles. The molecular weight excluding hydrogens is 556 g/mol. The first-order valence-electron chi connectivity index (χ1n) is 16.3. The molecule has 2 nitrogen and oxygen atoms in total. The summed E-state index contributed by atoms with van der Waals surface area (Å²) in [5.41, 5.74) is 12.2. The molecule has 0 saturated heterocycles. The Labute approximate surface area is 271 Å². The maximum atomic E-state index is 3.50. The standard InChI is InChI=1S/C42H32N2.C2H6/c1-2-44-41-10-6-4-8-36(41)38-28-32(20-26-42(38)44)14-12-30-17-23-34(24-18-30)33-21-15-29(16-22-33)11-13-31-19-25-40-37(27-31)35-7-3-5-9-39(35)43-40;1-2/h3-28,43H,2H2,1H3;1-2H3/b13-11+,14-12+;. The molecule has 0 aliphatic rings. The van der Waals surface area contributed by atoms with Crippen LogP contribution in [0.25, 0.3) is 79.0 Å². The maximum absolute atomic E-state index is 3.50. The molecule has 0 saturated carbocycles. The van der Waals surface area contributed by atoms with Crippen molar-refractivity contribution in [1.82, 2.24) is 9.55 Å². The highest BCUT2D eigenvalue weighted by Crippen LogP contribution is 2.31. The summed E-state index contributed by atoms with van der Waals surface area (Å²) in [5.74, 6) is 0. The number of H-pyrrole nitrogens is 1. The van der Waals surface area contributed by atoms with Crippen molar-refractivity contribution in [3.63, 3.8) is 0 Å². The van der Waals surface area contributed by atoms with Gasteiger partial charge in [-0.25, -0.2) is 0 Å². The van der Waals surface area contributed by atoms with Crippen LogP contribution < -0.4 is 0 Å². The number of rotatable bonds is 6. The van der Waals surface area contributed by atoms with Gasteiger partial charge in [0, 0.05) is 50.2 Å². The van der Waals surface area contributed by atoms with Crippen molar-refractivity contribution in [3.05, 3.63) is 156 Å². The molecule has 0 aliphatic carbocycles. The van der Waals surface area contributed by atoms with E-state index in [0.717, 1.165) is 6.54 Å². The molecule has 0 atom stereocenters. The van der Waals surface area contributed by atoms with Crippen LogP contribution >= 0.6 is 0 Å². The van der Waals surface area contributed by atoms with Gasteiger partial charge in [-0.2, -0.15) is 0 Å². The van der Waals surface area contributed by atoms with Crippen LogP contribution in [0, 0.1) is 0 Å². The Morgan fingerprint density at radius 3 is 1.59 bits per heavy atom. The third-order valence-corrected chi connectivity index (χ3v) is 8.73. The van der Waals surface area contributed by atoms with Crippen LogP contribution in [0.1, 0.15) is 43.0 Å². The van der Waals surface area contributed by atoms with Crippen molar-refractivity contribution in [3.8, 4) is 11.1 Å². The molecule has 0 spiro atoms. The van der Waals surface area contributed by atoms with Crippen LogP contribution in [0.4, 0.5) is 0 Å². The zero-order valence-electron chi connectivity index (χ0n) is 26.7. The smallest absolute Gasteiger partial charge is 0.0491 e. The molecule has 0 amide bonds. The van der Waals surface area contributed by atoms with Gasteiger partial charge in [-0.05, 0) is 76.7 Å². The molecule has 1 N–H and O–H groups in total. The third kappa shape index (κ3) is 5.55. The van der Waals surface area contributed by atoms with E-state index in [9.17, 15) is 0 Å². The lowest BCUT2D eigenvalue weighted by Gasteiger charge is -2.04. The van der Waals surface area contributed by atoms with Gasteiger partial charge in [0.1, 0.15) is 0 Å². The number of aromatic nitrogens is 2. The summed E-state index contributed by atoms with van der Waals surface area (Å²) in [7, 11) is 0. The monoisotopic (exact) mass is 594 g/mol. The Bertz CT molecular complexity index is 2340. The lowest BCUT2D eigenvalue weighted by molar-refractivity contribution is 0.827. The summed E-state index contributed by atoms with van der Waals surface area (Å²) in [4.78, 5) is 3.50. The molecule has 0 bridgehead atoms. The van der Waals surface area contributed by atoms with Crippen LogP contribution in [0.5, 0.6) is 0 Å². The molecule has 0 unspecified atom stereocenters. The second-order valence-electron chi connectivity index (χ2n) is 11.4. The summed E-state index contributed by atoms with van der Waals surface area (Å²) in [5, 5.41) is 5.16. The van der Waals surface area contributed by atoms with Crippen molar-refractivity contribution in [2.24, 2.45) is 0 Å². The quantitative estimate of drug-likeness (QED) is 0.185. The first-order chi connectivity index (χ1) is 22.7. The number of hydrogen-bond acceptors (Lipinski definition) is 0. The van der Waals surface area contributed by atoms with Crippen molar-refractivity contribution in [1.29, 1.82) is 0 Å². The van der Waals surface area contributed by atoms with Gasteiger partial charge in [0.05, 0.1) is 0 Å². The Hall–Kier alpha value is -5.60. The fourth-order valence-electron chi connectivity index (χ4n) is 6.44. The van der Waals surface area contributed by atoms with Crippen molar-refractivity contribution in [2.45, 2.75) is 27.3 Å². The average Bonchev–Trinajstić information content (AvgIpc) is 3.66. The number of fused-ring (bicyclic) bond motifs is 6. The van der Waals surface area contributed by atoms with E-state index in [4.69, 9.17) is 0 Å². The Balaban J connectivity index is 0.00000166. The van der Waals surface area contributed by atoms with Gasteiger partial charge in [0.15, 0.2) is 0 Å². The zero-order chi connectivity index (χ0) is 31.5. The number of aromatic amines is 1.